The second-order valence-electron chi connectivity index (χ2n) is 4.80. The van der Waals surface area contributed by atoms with Crippen molar-refractivity contribution in [2.75, 3.05) is 17.1 Å². The van der Waals surface area contributed by atoms with Crippen molar-refractivity contribution in [2.24, 2.45) is 5.92 Å². The Morgan fingerprint density at radius 1 is 1.40 bits per heavy atom. The minimum Gasteiger partial charge on any atom is -0.395 e. The number of aliphatic hydroxyl groups is 1. The van der Waals surface area contributed by atoms with Gasteiger partial charge in [0, 0.05) is 12.1 Å². The van der Waals surface area contributed by atoms with Crippen LogP contribution in [0.3, 0.4) is 0 Å². The first-order chi connectivity index (χ1) is 9.50. The Morgan fingerprint density at radius 3 is 2.80 bits per heavy atom. The van der Waals surface area contributed by atoms with Gasteiger partial charge in [0.25, 0.3) is 0 Å². The van der Waals surface area contributed by atoms with E-state index in [2.05, 4.69) is 16.6 Å². The number of nitrogens with one attached hydrogen (secondary N) is 1. The van der Waals surface area contributed by atoms with Crippen molar-refractivity contribution < 1.29 is 17.9 Å². The van der Waals surface area contributed by atoms with E-state index in [9.17, 15) is 12.8 Å². The van der Waals surface area contributed by atoms with Crippen LogP contribution >= 0.6 is 0 Å². The highest BCUT2D eigenvalue weighted by atomic mass is 32.2. The zero-order valence-corrected chi connectivity index (χ0v) is 11.7. The molecule has 6 heteroatoms. The van der Waals surface area contributed by atoms with Gasteiger partial charge >= 0.3 is 0 Å². The van der Waals surface area contributed by atoms with Gasteiger partial charge in [0.15, 0.2) is 0 Å². The van der Waals surface area contributed by atoms with Gasteiger partial charge in [-0.05, 0) is 37.0 Å². The molecule has 2 N–H and O–H groups in total. The Balaban J connectivity index is 2.12. The largest absolute Gasteiger partial charge is 0.395 e. The highest BCUT2D eigenvalue weighted by molar-refractivity contribution is 7.92. The van der Waals surface area contributed by atoms with E-state index in [0.29, 0.717) is 5.69 Å². The first-order valence-electron chi connectivity index (χ1n) is 6.40. The summed E-state index contributed by atoms with van der Waals surface area (Å²) in [6.07, 6.45) is 2.14. The third-order valence-electron chi connectivity index (χ3n) is 2.85. The molecular weight excluding hydrogens is 281 g/mol. The van der Waals surface area contributed by atoms with Crippen LogP contribution in [0.15, 0.2) is 18.2 Å². The van der Waals surface area contributed by atoms with Gasteiger partial charge in [-0.15, -0.1) is 0 Å². The van der Waals surface area contributed by atoms with E-state index in [-0.39, 0.29) is 30.3 Å². The monoisotopic (exact) mass is 297 g/mol. The number of anilines is 1. The van der Waals surface area contributed by atoms with E-state index >= 15 is 0 Å². The van der Waals surface area contributed by atoms with Gasteiger partial charge in [-0.2, -0.15) is 0 Å². The summed E-state index contributed by atoms with van der Waals surface area (Å²) in [5, 5.41) is 8.62. The maximum atomic E-state index is 13.5. The molecule has 2 rings (SSSR count). The van der Waals surface area contributed by atoms with Crippen LogP contribution in [-0.4, -0.2) is 25.9 Å². The lowest BCUT2D eigenvalue weighted by atomic mass is 10.2. The van der Waals surface area contributed by atoms with E-state index in [1.807, 2.05) is 0 Å². The Bertz CT molecular complexity index is 642. The Labute approximate surface area is 118 Å². The van der Waals surface area contributed by atoms with Gasteiger partial charge in [-0.3, -0.25) is 4.72 Å². The SMILES string of the molecule is O=S(=O)(CC1CC1)Nc1ccc(F)c(C#CCCO)c1. The minimum absolute atomic E-state index is 0.0949. The van der Waals surface area contributed by atoms with Gasteiger partial charge in [0.2, 0.25) is 10.0 Å². The van der Waals surface area contributed by atoms with Crippen LogP contribution in [0.5, 0.6) is 0 Å². The molecule has 0 spiro atoms. The molecule has 1 fully saturated rings. The zero-order valence-electron chi connectivity index (χ0n) is 10.9. The molecule has 20 heavy (non-hydrogen) atoms. The molecule has 0 heterocycles. The van der Waals surface area contributed by atoms with Crippen molar-refractivity contribution >= 4 is 15.7 Å². The second kappa shape index (κ2) is 6.25. The molecule has 0 radical (unpaired) electrons. The van der Waals surface area contributed by atoms with Crippen LogP contribution in [0, 0.1) is 23.6 Å². The highest BCUT2D eigenvalue weighted by Gasteiger charge is 2.28. The fourth-order valence-corrected chi connectivity index (χ4v) is 3.24. The maximum absolute atomic E-state index is 13.5. The lowest BCUT2D eigenvalue weighted by molar-refractivity contribution is 0.305. The van der Waals surface area contributed by atoms with Gasteiger partial charge < -0.3 is 5.11 Å². The quantitative estimate of drug-likeness (QED) is 0.813. The predicted molar refractivity (Wildman–Crippen MR) is 75.1 cm³/mol. The van der Waals surface area contributed by atoms with Crippen molar-refractivity contribution in [1.82, 2.24) is 0 Å². The topological polar surface area (TPSA) is 66.4 Å². The van der Waals surface area contributed by atoms with Crippen molar-refractivity contribution in [3.63, 3.8) is 0 Å². The van der Waals surface area contributed by atoms with Gasteiger partial charge in [0.1, 0.15) is 5.82 Å². The third kappa shape index (κ3) is 4.51. The van der Waals surface area contributed by atoms with Crippen LogP contribution in [0.2, 0.25) is 0 Å². The summed E-state index contributed by atoms with van der Waals surface area (Å²) in [5.74, 6) is 5.02. The first kappa shape index (κ1) is 14.8. The van der Waals surface area contributed by atoms with Crippen molar-refractivity contribution in [3.05, 3.63) is 29.6 Å². The van der Waals surface area contributed by atoms with E-state index < -0.39 is 15.8 Å². The molecule has 0 aromatic heterocycles. The molecule has 0 atom stereocenters. The molecule has 0 bridgehead atoms. The van der Waals surface area contributed by atoms with Crippen LogP contribution in [0.25, 0.3) is 0 Å². The molecule has 0 unspecified atom stereocenters. The zero-order chi connectivity index (χ0) is 14.6. The fourth-order valence-electron chi connectivity index (χ4n) is 1.71. The molecule has 4 nitrogen and oxygen atoms in total. The lowest BCUT2D eigenvalue weighted by Gasteiger charge is -2.08. The number of benzene rings is 1. The standard InChI is InChI=1S/C14H16FNO3S/c15-14-7-6-13(9-12(14)3-1-2-8-17)16-20(18,19)10-11-4-5-11/h6-7,9,11,16-17H,2,4-5,8,10H2. The average Bonchev–Trinajstić information content (AvgIpc) is 3.16. The number of halogens is 1. The summed E-state index contributed by atoms with van der Waals surface area (Å²) in [6.45, 7) is -0.0949. The van der Waals surface area contributed by atoms with Gasteiger partial charge in [-0.1, -0.05) is 11.8 Å². The molecule has 0 amide bonds. The second-order valence-corrected chi connectivity index (χ2v) is 6.56. The lowest BCUT2D eigenvalue weighted by Crippen LogP contribution is -2.17. The van der Waals surface area contributed by atoms with E-state index in [1.165, 1.54) is 18.2 Å². The van der Waals surface area contributed by atoms with Crippen LogP contribution in [-0.2, 0) is 10.0 Å². The highest BCUT2D eigenvalue weighted by Crippen LogP contribution is 2.30. The van der Waals surface area contributed by atoms with Crippen LogP contribution < -0.4 is 4.72 Å². The molecule has 1 aromatic rings. The number of aliphatic hydroxyl groups excluding tert-OH is 1. The summed E-state index contributed by atoms with van der Waals surface area (Å²) in [7, 11) is -3.39. The number of rotatable bonds is 5. The minimum atomic E-state index is -3.39. The van der Waals surface area contributed by atoms with Crippen molar-refractivity contribution in [3.8, 4) is 11.8 Å². The molecule has 0 saturated heterocycles. The maximum Gasteiger partial charge on any atom is 0.232 e. The van der Waals surface area contributed by atoms with Crippen molar-refractivity contribution in [2.45, 2.75) is 19.3 Å². The average molecular weight is 297 g/mol. The van der Waals surface area contributed by atoms with E-state index in [4.69, 9.17) is 5.11 Å². The summed E-state index contributed by atoms with van der Waals surface area (Å²) in [5.41, 5.74) is 0.422. The van der Waals surface area contributed by atoms with E-state index in [1.54, 1.807) is 0 Å². The fraction of sp³-hybridized carbons (Fsp3) is 0.429. The molecular formula is C14H16FNO3S. The van der Waals surface area contributed by atoms with Crippen molar-refractivity contribution in [1.29, 1.82) is 0 Å². The summed E-state index contributed by atoms with van der Waals surface area (Å²) in [4.78, 5) is 0. The predicted octanol–water partition coefficient (Wildman–Crippen LogP) is 1.71. The molecule has 1 aliphatic carbocycles. The molecule has 1 aromatic carbocycles. The Kier molecular flexibility index (Phi) is 4.63. The summed E-state index contributed by atoms with van der Waals surface area (Å²) < 4.78 is 39.6. The molecule has 1 saturated carbocycles. The number of sulfonamides is 1. The molecule has 0 aliphatic heterocycles. The Morgan fingerprint density at radius 2 is 2.15 bits per heavy atom. The smallest absolute Gasteiger partial charge is 0.232 e. The normalized spacial score (nSPS) is 14.5. The third-order valence-corrected chi connectivity index (χ3v) is 4.31. The summed E-state index contributed by atoms with van der Waals surface area (Å²) >= 11 is 0. The first-order valence-corrected chi connectivity index (χ1v) is 8.05. The molecule has 1 aliphatic rings. The number of hydrogen-bond acceptors (Lipinski definition) is 3. The summed E-state index contributed by atoms with van der Waals surface area (Å²) in [6, 6.07) is 3.92. The van der Waals surface area contributed by atoms with Crippen LogP contribution in [0.1, 0.15) is 24.8 Å². The number of hydrogen-bond donors (Lipinski definition) is 2. The van der Waals surface area contributed by atoms with Gasteiger partial charge in [-0.25, -0.2) is 12.8 Å². The van der Waals surface area contributed by atoms with Crippen LogP contribution in [0.4, 0.5) is 10.1 Å². The molecule has 108 valence electrons. The van der Waals surface area contributed by atoms with Gasteiger partial charge in [0.05, 0.1) is 17.9 Å². The Hall–Kier alpha value is -1.58. The van der Waals surface area contributed by atoms with E-state index in [0.717, 1.165) is 12.8 Å².